The predicted molar refractivity (Wildman–Crippen MR) is 337 cm³/mol. The molecule has 8 aromatic rings. The summed E-state index contributed by atoms with van der Waals surface area (Å²) < 4.78 is 835. The van der Waals surface area contributed by atoms with Crippen molar-refractivity contribution < 1.29 is 274 Å². The van der Waals surface area contributed by atoms with Crippen LogP contribution >= 0.6 is 70.6 Å². The van der Waals surface area contributed by atoms with Crippen LogP contribution in [0.2, 0.25) is 0 Å². The summed E-state index contributed by atoms with van der Waals surface area (Å²) in [5.41, 5.74) is -31.9. The second kappa shape index (κ2) is 37.4. The van der Waals surface area contributed by atoms with Gasteiger partial charge in [0.05, 0.1) is 29.4 Å². The molecule has 0 saturated heterocycles. The molecule has 3 aliphatic rings. The van der Waals surface area contributed by atoms with Gasteiger partial charge in [0.1, 0.15) is 56.6 Å². The van der Waals surface area contributed by atoms with Gasteiger partial charge >= 0.3 is 67.3 Å². The van der Waals surface area contributed by atoms with Crippen molar-refractivity contribution in [3.63, 3.8) is 0 Å². The van der Waals surface area contributed by atoms with Gasteiger partial charge in [-0.05, 0) is 0 Å². The van der Waals surface area contributed by atoms with Crippen molar-refractivity contribution in [1.29, 1.82) is 0 Å². The molecule has 0 amide bonds. The number of oxime groups is 6. The molecule has 0 unspecified atom stereocenters. The van der Waals surface area contributed by atoms with Gasteiger partial charge in [0.2, 0.25) is 0 Å². The van der Waals surface area contributed by atoms with Crippen LogP contribution in [-0.2, 0) is 82.4 Å². The van der Waals surface area contributed by atoms with Gasteiger partial charge in [-0.1, -0.05) is 70.6 Å². The van der Waals surface area contributed by atoms with Crippen LogP contribution in [0.3, 0.4) is 0 Å². The Balaban J connectivity index is 0.0000199. The Morgan fingerprint density at radius 3 is 0.346 bits per heavy atom. The average molecular weight is 2160 g/mol. The molecule has 0 saturated carbocycles. The maximum atomic E-state index is 17.4. The molecule has 11 rings (SSSR count). The minimum absolute atomic E-state index is 0. The van der Waals surface area contributed by atoms with Gasteiger partial charge in [0.15, 0.2) is 205 Å². The monoisotopic (exact) mass is 2160 g/mol. The van der Waals surface area contributed by atoms with Crippen LogP contribution < -0.4 is 10.9 Å². The van der Waals surface area contributed by atoms with Gasteiger partial charge < -0.3 is 28.5 Å². The summed E-state index contributed by atoms with van der Waals surface area (Å²) in [7, 11) is 0. The molecule has 133 heavy (non-hydrogen) atoms. The fourth-order valence-electron chi connectivity index (χ4n) is 9.89. The number of alkyl halides is 18. The molecule has 0 atom stereocenters. The van der Waals surface area contributed by atoms with Crippen LogP contribution in [-0.4, -0.2) is 43.8 Å². The summed E-state index contributed by atoms with van der Waals surface area (Å²) in [6.45, 7) is -16.1. The third-order valence-electron chi connectivity index (χ3n) is 15.6. The Labute approximate surface area is 724 Å². The Bertz CT molecular complexity index is 5330. The molecule has 3 aliphatic heterocycles. The van der Waals surface area contributed by atoms with Crippen molar-refractivity contribution in [2.75, 3.05) is 0 Å². The molecule has 3 heterocycles. The summed E-state index contributed by atoms with van der Waals surface area (Å²) in [6, 6.07) is 0. The summed E-state index contributed by atoms with van der Waals surface area (Å²) in [4.78, 5) is -20.7. The minimum Gasteiger partial charge on any atom is -0.535 e. The molecule has 0 aliphatic carbocycles. The summed E-state index contributed by atoms with van der Waals surface area (Å²) in [6.07, 6.45) is -41.6. The number of rotatable bonds is 8. The largest absolute Gasteiger partial charge is 2.00 e. The minimum atomic E-state index is -8.06. The van der Waals surface area contributed by atoms with E-state index in [0.29, 0.717) is 0 Å². The molecule has 8 aromatic carbocycles. The van der Waals surface area contributed by atoms with E-state index in [2.05, 4.69) is 59.5 Å². The van der Waals surface area contributed by atoms with E-state index in [9.17, 15) is 79.0 Å². The Hall–Kier alpha value is -10.3. The number of hydrogen-bond donors (Lipinski definition) is 0. The van der Waals surface area contributed by atoms with Gasteiger partial charge in [-0.3, -0.25) is 0 Å². The van der Waals surface area contributed by atoms with Crippen LogP contribution in [0.5, 0.6) is 0 Å². The van der Waals surface area contributed by atoms with Gasteiger partial charge in [-0.2, -0.15) is 79.0 Å². The molecule has 2 bridgehead atoms. The summed E-state index contributed by atoms with van der Waals surface area (Å²) in [5.74, 6) is -138. The maximum absolute atomic E-state index is 17.4. The van der Waals surface area contributed by atoms with Crippen molar-refractivity contribution >= 4 is 125 Å². The number of thioether (sulfide) groups is 6. The summed E-state index contributed by atoms with van der Waals surface area (Å²) >= 11 is -14.0. The van der Waals surface area contributed by atoms with Crippen molar-refractivity contribution in [2.24, 2.45) is 30.9 Å². The SMILES string of the molecule is Fc1c(F)c(F)c([B-]23O/N=C(Sc4c(F)c(F)c(C(F)(F)F)c(F)c4F)/C(Sc4c(F)c(F)c(C(F)(F)F)c(F)c4F)=N/O[B-](c4c(F)c(F)c(F)c(F)c4F)(O/N=C(Sc4c(F)c(F)c(C(F)(F)F)c(F)c4F)/C(Sc4c(F)c(F)c(C(F)(F)F)c(F)c4F)=N/O2)O/N=C(Sc2c(F)c(F)c(C(F)(F)F)c(F)c2F)/C(Sc2c(F)c(F)c(C(F)(F)F)c(F)c2F)=N/O3)c(F)c1F.[Co+2]. The van der Waals surface area contributed by atoms with Crippen molar-refractivity contribution in [3.8, 4) is 0 Å². The normalized spacial score (nSPS) is 18.7. The zero-order valence-corrected chi connectivity index (χ0v) is 64.7. The molecule has 73 heteroatoms. The molecule has 0 fully saturated rings. The molecule has 0 aromatic heterocycles. The smallest absolute Gasteiger partial charge is 0.535 e. The van der Waals surface area contributed by atoms with E-state index < -0.39 is 423 Å². The van der Waals surface area contributed by atoms with Gasteiger partial charge in [-0.15, -0.1) is 30.9 Å². The van der Waals surface area contributed by atoms with E-state index in [1.165, 1.54) is 0 Å². The van der Waals surface area contributed by atoms with Crippen LogP contribution in [0.4, 0.5) is 228 Å². The van der Waals surface area contributed by atoms with E-state index in [1.807, 2.05) is 0 Å². The topological polar surface area (TPSA) is 130 Å². The first-order valence-corrected chi connectivity index (χ1v) is 35.9. The summed E-state index contributed by atoms with van der Waals surface area (Å²) in [5, 5.41) is -7.46. The fraction of sp³-hybridized carbons (Fsp3) is 0.100. The van der Waals surface area contributed by atoms with Gasteiger partial charge in [0, 0.05) is 10.9 Å². The zero-order valence-electron chi connectivity index (χ0n) is 58.7. The van der Waals surface area contributed by atoms with Gasteiger partial charge in [0.25, 0.3) is 0 Å². The van der Waals surface area contributed by atoms with Gasteiger partial charge in [-0.25, -0.2) is 149 Å². The van der Waals surface area contributed by atoms with Crippen LogP contribution in [0.25, 0.3) is 0 Å². The Morgan fingerprint density at radius 1 is 0.150 bits per heavy atom. The average Bonchev–Trinajstić information content (AvgIpc) is 0.735. The fourth-order valence-corrected chi connectivity index (χ4v) is 15.2. The predicted octanol–water partition coefficient (Wildman–Crippen LogP) is 24.3. The molecule has 721 valence electrons. The van der Waals surface area contributed by atoms with E-state index in [-0.39, 0.29) is 16.8 Å². The van der Waals surface area contributed by atoms with E-state index >= 15 is 149 Å². The number of fused-ring (bicyclic) bond motifs is 9. The molecular formula is C60B2CoF52N6O6S6. The molecule has 1 radical (unpaired) electrons. The Morgan fingerprint density at radius 2 is 0.248 bits per heavy atom. The van der Waals surface area contributed by atoms with E-state index in [0.717, 1.165) is 0 Å². The first kappa shape index (κ1) is 106. The van der Waals surface area contributed by atoms with Crippen LogP contribution in [0, 0.1) is 198 Å². The number of nitrogens with zero attached hydrogens (tertiary/aromatic N) is 6. The second-order valence-corrected chi connectivity index (χ2v) is 29.6. The maximum Gasteiger partial charge on any atom is 2.00 e. The molecule has 0 N–H and O–H groups in total. The quantitative estimate of drug-likeness (QED) is 0.0621. The first-order chi connectivity index (χ1) is 60.4. The third-order valence-corrected chi connectivity index (χ3v) is 22.2. The standard InChI is InChI=1S/C60B2F52N6O6S6.Co/c63-9-1(55(97,98)99)10(64)32(86)43(31(9)85)127-49-50(128-44-33(87)11(65)2(56(100,101)102)12(66)34(44)88)116-122-62(8-23(77)27(81)30(84)28(82)24(8)78)125-119-53(131-47-39(93)17(71)5(59(109,110)111)18(72)40(47)94)51(129-45-35(89)13(67)3(57(103,104)105)14(68)36(45)90)117-123-61(121-115-49,7-21(75)25(79)29(83)26(80)22(7)76)124-118-52(130-46-37(91)15(69)4(58(106,107)108)16(70)38(46)92)54(120-126-62)132-48-41(95)19(73)6(60(112,113)114)20(74)42(48)96;/q-2;+2/b115-49-,116-50-,117-51-,118-52-,119-53-,120-54-;. The van der Waals surface area contributed by atoms with E-state index in [1.54, 1.807) is 0 Å². The van der Waals surface area contributed by atoms with Crippen LogP contribution in [0.1, 0.15) is 33.4 Å². The van der Waals surface area contributed by atoms with Crippen LogP contribution in [0.15, 0.2) is 60.3 Å². The third kappa shape index (κ3) is 19.1. The van der Waals surface area contributed by atoms with Crippen molar-refractivity contribution in [2.45, 2.75) is 66.4 Å². The van der Waals surface area contributed by atoms with Crippen molar-refractivity contribution in [3.05, 3.63) is 231 Å². The molecule has 12 nitrogen and oxygen atoms in total. The number of benzene rings is 8. The number of halogens is 52. The zero-order chi connectivity index (χ0) is 99.9. The number of hydrogen-bond acceptors (Lipinski definition) is 18. The van der Waals surface area contributed by atoms with E-state index in [4.69, 9.17) is 0 Å². The van der Waals surface area contributed by atoms with Crippen molar-refractivity contribution in [1.82, 2.24) is 0 Å². The molecular weight excluding hydrogens is 2160 g/mol. The second-order valence-electron chi connectivity index (χ2n) is 23.6. The first-order valence-electron chi connectivity index (χ1n) is 31.0. The molecule has 0 spiro atoms. The Kier molecular flexibility index (Phi) is 29.9.